The molecule has 1 saturated heterocycles. The predicted molar refractivity (Wildman–Crippen MR) is 87.6 cm³/mol. The molecule has 1 heterocycles. The Morgan fingerprint density at radius 3 is 2.60 bits per heavy atom. The summed E-state index contributed by atoms with van der Waals surface area (Å²) in [5.74, 6) is 0.809. The number of hydrogen-bond donors (Lipinski definition) is 1. The van der Waals surface area contributed by atoms with Gasteiger partial charge < -0.3 is 5.32 Å². The van der Waals surface area contributed by atoms with Gasteiger partial charge in [0.05, 0.1) is 10.0 Å². The van der Waals surface area contributed by atoms with Crippen molar-refractivity contribution in [2.45, 2.75) is 39.3 Å². The van der Waals surface area contributed by atoms with E-state index in [2.05, 4.69) is 30.1 Å². The molecule has 0 aromatic heterocycles. The van der Waals surface area contributed by atoms with Gasteiger partial charge in [0.25, 0.3) is 0 Å². The smallest absolute Gasteiger partial charge is 0.0637 e. The Labute approximate surface area is 132 Å². The number of hydrogen-bond acceptors (Lipinski definition) is 2. The zero-order chi connectivity index (χ0) is 14.5. The molecule has 1 aromatic rings. The molecule has 1 aromatic carbocycles. The highest BCUT2D eigenvalue weighted by molar-refractivity contribution is 6.42. The maximum Gasteiger partial charge on any atom is 0.0637 e. The quantitative estimate of drug-likeness (QED) is 0.876. The van der Waals surface area contributed by atoms with Crippen LogP contribution >= 0.6 is 23.2 Å². The minimum absolute atomic E-state index is 0.582. The summed E-state index contributed by atoms with van der Waals surface area (Å²) in [4.78, 5) is 2.48. The van der Waals surface area contributed by atoms with Gasteiger partial charge in [-0.25, -0.2) is 0 Å². The summed E-state index contributed by atoms with van der Waals surface area (Å²) in [5.41, 5.74) is 1.14. The molecule has 0 atom stereocenters. The van der Waals surface area contributed by atoms with E-state index in [1.165, 1.54) is 12.8 Å². The maximum absolute atomic E-state index is 6.26. The van der Waals surface area contributed by atoms with Gasteiger partial charge in [-0.15, -0.1) is 0 Å². The molecule has 2 nitrogen and oxygen atoms in total. The highest BCUT2D eigenvalue weighted by Gasteiger charge is 2.20. The minimum atomic E-state index is 0.582. The molecular weight excluding hydrogens is 291 g/mol. The van der Waals surface area contributed by atoms with Gasteiger partial charge in [-0.1, -0.05) is 49.2 Å². The van der Waals surface area contributed by atoms with Gasteiger partial charge in [0.1, 0.15) is 0 Å². The van der Waals surface area contributed by atoms with E-state index in [-0.39, 0.29) is 0 Å². The van der Waals surface area contributed by atoms with Gasteiger partial charge in [0.15, 0.2) is 0 Å². The molecule has 0 unspecified atom stereocenters. The fourth-order valence-electron chi connectivity index (χ4n) is 2.66. The third-order valence-corrected chi connectivity index (χ3v) is 4.81. The van der Waals surface area contributed by atoms with E-state index in [0.29, 0.717) is 16.1 Å². The number of rotatable bonds is 5. The first-order chi connectivity index (χ1) is 9.56. The highest BCUT2D eigenvalue weighted by atomic mass is 35.5. The fraction of sp³-hybridized carbons (Fsp3) is 0.625. The Kier molecular flexibility index (Phi) is 6.16. The molecule has 0 bridgehead atoms. The Morgan fingerprint density at radius 1 is 1.25 bits per heavy atom. The summed E-state index contributed by atoms with van der Waals surface area (Å²) in [5, 5.41) is 4.90. The maximum atomic E-state index is 6.26. The monoisotopic (exact) mass is 314 g/mol. The standard InChI is InChI=1S/C16H24Cl2N2/c1-12(2)19-10-13-6-8-20(9-7-13)11-14-4-3-5-15(17)16(14)18/h3-5,12-13,19H,6-11H2,1-2H3. The lowest BCUT2D eigenvalue weighted by Crippen LogP contribution is -2.38. The summed E-state index contributed by atoms with van der Waals surface area (Å²) < 4.78 is 0. The fourth-order valence-corrected chi connectivity index (χ4v) is 3.04. The molecule has 1 fully saturated rings. The summed E-state index contributed by atoms with van der Waals surface area (Å²) in [6.45, 7) is 8.75. The molecule has 0 saturated carbocycles. The summed E-state index contributed by atoms with van der Waals surface area (Å²) in [6, 6.07) is 6.47. The van der Waals surface area contributed by atoms with E-state index >= 15 is 0 Å². The van der Waals surface area contributed by atoms with Crippen molar-refractivity contribution < 1.29 is 0 Å². The van der Waals surface area contributed by atoms with Crippen LogP contribution in [0.15, 0.2) is 18.2 Å². The number of likely N-dealkylation sites (tertiary alicyclic amines) is 1. The minimum Gasteiger partial charge on any atom is -0.314 e. The lowest BCUT2D eigenvalue weighted by Gasteiger charge is -2.32. The molecule has 0 radical (unpaired) electrons. The van der Waals surface area contributed by atoms with E-state index in [1.54, 1.807) is 0 Å². The average molecular weight is 315 g/mol. The Bertz CT molecular complexity index is 426. The van der Waals surface area contributed by atoms with Crippen LogP contribution in [-0.2, 0) is 6.54 Å². The van der Waals surface area contributed by atoms with Crippen LogP contribution in [0.1, 0.15) is 32.3 Å². The van der Waals surface area contributed by atoms with Crippen molar-refractivity contribution in [3.05, 3.63) is 33.8 Å². The Morgan fingerprint density at radius 2 is 1.95 bits per heavy atom. The van der Waals surface area contributed by atoms with Crippen molar-refractivity contribution in [1.82, 2.24) is 10.2 Å². The van der Waals surface area contributed by atoms with Crippen LogP contribution in [0.5, 0.6) is 0 Å². The largest absolute Gasteiger partial charge is 0.314 e. The van der Waals surface area contributed by atoms with Crippen molar-refractivity contribution in [1.29, 1.82) is 0 Å². The normalized spacial score (nSPS) is 17.9. The van der Waals surface area contributed by atoms with E-state index in [9.17, 15) is 0 Å². The molecule has 20 heavy (non-hydrogen) atoms. The van der Waals surface area contributed by atoms with Crippen LogP contribution in [0.4, 0.5) is 0 Å². The van der Waals surface area contributed by atoms with Crippen molar-refractivity contribution >= 4 is 23.2 Å². The van der Waals surface area contributed by atoms with Gasteiger partial charge in [-0.2, -0.15) is 0 Å². The van der Waals surface area contributed by atoms with Crippen molar-refractivity contribution in [2.24, 2.45) is 5.92 Å². The first-order valence-corrected chi connectivity index (χ1v) is 8.20. The van der Waals surface area contributed by atoms with E-state index < -0.39 is 0 Å². The van der Waals surface area contributed by atoms with Crippen LogP contribution in [0.2, 0.25) is 10.0 Å². The molecule has 0 amide bonds. The van der Waals surface area contributed by atoms with E-state index in [1.807, 2.05) is 12.1 Å². The van der Waals surface area contributed by atoms with Crippen LogP contribution in [0.3, 0.4) is 0 Å². The zero-order valence-electron chi connectivity index (χ0n) is 12.3. The van der Waals surface area contributed by atoms with Crippen molar-refractivity contribution in [3.8, 4) is 0 Å². The Hall–Kier alpha value is -0.280. The summed E-state index contributed by atoms with van der Waals surface area (Å²) in [6.07, 6.45) is 2.52. The van der Waals surface area contributed by atoms with Gasteiger partial charge in [0.2, 0.25) is 0 Å². The van der Waals surface area contributed by atoms with Gasteiger partial charge in [0, 0.05) is 12.6 Å². The van der Waals surface area contributed by atoms with Gasteiger partial charge >= 0.3 is 0 Å². The second-order valence-electron chi connectivity index (χ2n) is 6.00. The third kappa shape index (κ3) is 4.63. The second kappa shape index (κ2) is 7.65. The number of halogens is 2. The molecule has 0 aliphatic carbocycles. The van der Waals surface area contributed by atoms with Crippen LogP contribution in [0, 0.1) is 5.92 Å². The topological polar surface area (TPSA) is 15.3 Å². The SMILES string of the molecule is CC(C)NCC1CCN(Cc2cccc(Cl)c2Cl)CC1. The van der Waals surface area contributed by atoms with Crippen LogP contribution in [-0.4, -0.2) is 30.6 Å². The highest BCUT2D eigenvalue weighted by Crippen LogP contribution is 2.27. The third-order valence-electron chi connectivity index (χ3n) is 3.95. The molecule has 1 aliphatic rings. The molecule has 2 rings (SSSR count). The number of nitrogens with zero attached hydrogens (tertiary/aromatic N) is 1. The Balaban J connectivity index is 1.81. The van der Waals surface area contributed by atoms with E-state index in [4.69, 9.17) is 23.2 Å². The predicted octanol–water partition coefficient (Wildman–Crippen LogP) is 4.20. The zero-order valence-corrected chi connectivity index (χ0v) is 13.8. The van der Waals surface area contributed by atoms with Gasteiger partial charge in [-0.3, -0.25) is 4.90 Å². The lowest BCUT2D eigenvalue weighted by molar-refractivity contribution is 0.174. The number of nitrogens with one attached hydrogen (secondary N) is 1. The van der Waals surface area contributed by atoms with Crippen molar-refractivity contribution in [3.63, 3.8) is 0 Å². The van der Waals surface area contributed by atoms with Crippen LogP contribution in [0.25, 0.3) is 0 Å². The first kappa shape index (κ1) is 16.1. The number of piperidine rings is 1. The number of benzene rings is 1. The van der Waals surface area contributed by atoms with Gasteiger partial charge in [-0.05, 0) is 50.0 Å². The van der Waals surface area contributed by atoms with Crippen LogP contribution < -0.4 is 5.32 Å². The molecule has 112 valence electrons. The van der Waals surface area contributed by atoms with E-state index in [0.717, 1.165) is 37.7 Å². The summed E-state index contributed by atoms with van der Waals surface area (Å²) in [7, 11) is 0. The first-order valence-electron chi connectivity index (χ1n) is 7.45. The molecule has 0 spiro atoms. The summed E-state index contributed by atoms with van der Waals surface area (Å²) >= 11 is 12.3. The molecule has 1 aliphatic heterocycles. The van der Waals surface area contributed by atoms with Crippen molar-refractivity contribution in [2.75, 3.05) is 19.6 Å². The molecule has 4 heteroatoms. The lowest BCUT2D eigenvalue weighted by atomic mass is 9.96. The average Bonchev–Trinajstić information content (AvgIpc) is 2.43. The second-order valence-corrected chi connectivity index (χ2v) is 6.78. The molecular formula is C16H24Cl2N2. The molecule has 1 N–H and O–H groups in total.